The van der Waals surface area contributed by atoms with Gasteiger partial charge in [-0.15, -0.1) is 0 Å². The van der Waals surface area contributed by atoms with Crippen LogP contribution in [0.5, 0.6) is 0 Å². The highest BCUT2D eigenvalue weighted by atomic mass is 127. The van der Waals surface area contributed by atoms with Crippen LogP contribution in [0, 0.1) is 9.39 Å². The van der Waals surface area contributed by atoms with Gasteiger partial charge >= 0.3 is 0 Å². The van der Waals surface area contributed by atoms with Gasteiger partial charge in [0.1, 0.15) is 5.82 Å². The first-order valence-electron chi connectivity index (χ1n) is 5.54. The Morgan fingerprint density at radius 1 is 1.59 bits per heavy atom. The number of carbonyl (C=O) groups excluding carboxylic acids is 1. The standard InChI is InChI=1S/C12H16FIN2O/c1-2-3-9(7-15)16-12(17)10-5-4-8(13)6-11(10)14/h4-6,9H,2-3,7,15H2,1H3,(H,16,17). The van der Waals surface area contributed by atoms with E-state index in [1.54, 1.807) is 0 Å². The van der Waals surface area contributed by atoms with Crippen LogP contribution in [0.3, 0.4) is 0 Å². The van der Waals surface area contributed by atoms with E-state index in [9.17, 15) is 9.18 Å². The fourth-order valence-electron chi connectivity index (χ4n) is 1.53. The predicted molar refractivity (Wildman–Crippen MR) is 74.3 cm³/mol. The van der Waals surface area contributed by atoms with Crippen LogP contribution in [0.1, 0.15) is 30.1 Å². The van der Waals surface area contributed by atoms with Crippen LogP contribution >= 0.6 is 22.6 Å². The van der Waals surface area contributed by atoms with E-state index in [1.165, 1.54) is 18.2 Å². The van der Waals surface area contributed by atoms with E-state index in [-0.39, 0.29) is 17.8 Å². The lowest BCUT2D eigenvalue weighted by atomic mass is 10.1. The van der Waals surface area contributed by atoms with Crippen molar-refractivity contribution >= 4 is 28.5 Å². The molecule has 0 radical (unpaired) electrons. The molecule has 17 heavy (non-hydrogen) atoms. The maximum Gasteiger partial charge on any atom is 0.252 e. The smallest absolute Gasteiger partial charge is 0.252 e. The molecule has 0 aliphatic rings. The highest BCUT2D eigenvalue weighted by molar-refractivity contribution is 14.1. The lowest BCUT2D eigenvalue weighted by Gasteiger charge is -2.16. The van der Waals surface area contributed by atoms with Gasteiger partial charge in [0.25, 0.3) is 5.91 Å². The van der Waals surface area contributed by atoms with E-state index in [0.29, 0.717) is 15.7 Å². The Balaban J connectivity index is 2.75. The summed E-state index contributed by atoms with van der Waals surface area (Å²) in [5.74, 6) is -0.534. The van der Waals surface area contributed by atoms with Gasteiger partial charge < -0.3 is 11.1 Å². The van der Waals surface area contributed by atoms with Gasteiger partial charge in [-0.3, -0.25) is 4.79 Å². The number of hydrogen-bond acceptors (Lipinski definition) is 2. The molecule has 0 aromatic heterocycles. The zero-order chi connectivity index (χ0) is 12.8. The molecular formula is C12H16FIN2O. The molecule has 1 rings (SSSR count). The largest absolute Gasteiger partial charge is 0.348 e. The third kappa shape index (κ3) is 4.23. The van der Waals surface area contributed by atoms with Crippen LogP contribution in [0.4, 0.5) is 4.39 Å². The molecule has 0 aliphatic carbocycles. The Labute approximate surface area is 114 Å². The SMILES string of the molecule is CCCC(CN)NC(=O)c1ccc(F)cc1I. The predicted octanol–water partition coefficient (Wildman–Crippen LogP) is 2.29. The Morgan fingerprint density at radius 3 is 2.82 bits per heavy atom. The van der Waals surface area contributed by atoms with Gasteiger partial charge in [-0.2, -0.15) is 0 Å². The van der Waals surface area contributed by atoms with E-state index < -0.39 is 0 Å². The summed E-state index contributed by atoms with van der Waals surface area (Å²) < 4.78 is 13.5. The minimum absolute atomic E-state index is 0.0200. The number of nitrogens with one attached hydrogen (secondary N) is 1. The first-order valence-corrected chi connectivity index (χ1v) is 6.62. The van der Waals surface area contributed by atoms with Crippen molar-refractivity contribution in [1.82, 2.24) is 5.32 Å². The summed E-state index contributed by atoms with van der Waals surface area (Å²) in [5.41, 5.74) is 6.06. The highest BCUT2D eigenvalue weighted by Gasteiger charge is 2.14. The van der Waals surface area contributed by atoms with Crippen LogP contribution < -0.4 is 11.1 Å². The molecule has 0 bridgehead atoms. The maximum atomic E-state index is 12.9. The molecule has 1 atom stereocenters. The first kappa shape index (κ1) is 14.4. The number of hydrogen-bond donors (Lipinski definition) is 2. The molecule has 1 aromatic rings. The van der Waals surface area contributed by atoms with Crippen LogP contribution in [0.15, 0.2) is 18.2 Å². The number of halogens is 2. The molecular weight excluding hydrogens is 334 g/mol. The average Bonchev–Trinajstić information content (AvgIpc) is 2.28. The minimum atomic E-state index is -0.338. The van der Waals surface area contributed by atoms with Crippen LogP contribution in [-0.4, -0.2) is 18.5 Å². The lowest BCUT2D eigenvalue weighted by molar-refractivity contribution is 0.0935. The molecule has 1 amide bonds. The third-order valence-electron chi connectivity index (χ3n) is 2.43. The van der Waals surface area contributed by atoms with E-state index in [0.717, 1.165) is 12.8 Å². The van der Waals surface area contributed by atoms with Crippen molar-refractivity contribution in [2.45, 2.75) is 25.8 Å². The van der Waals surface area contributed by atoms with Gasteiger partial charge in [0.05, 0.1) is 5.56 Å². The van der Waals surface area contributed by atoms with Gasteiger partial charge in [-0.05, 0) is 47.2 Å². The van der Waals surface area contributed by atoms with Crippen LogP contribution in [0.2, 0.25) is 0 Å². The summed E-state index contributed by atoms with van der Waals surface area (Å²) in [6, 6.07) is 4.10. The van der Waals surface area contributed by atoms with Gasteiger partial charge in [-0.25, -0.2) is 4.39 Å². The molecule has 1 unspecified atom stereocenters. The summed E-state index contributed by atoms with van der Waals surface area (Å²) >= 11 is 1.95. The van der Waals surface area contributed by atoms with E-state index in [2.05, 4.69) is 5.32 Å². The third-order valence-corrected chi connectivity index (χ3v) is 3.33. The Kier molecular flexibility index (Phi) is 5.84. The highest BCUT2D eigenvalue weighted by Crippen LogP contribution is 2.14. The normalized spacial score (nSPS) is 12.2. The van der Waals surface area contributed by atoms with E-state index >= 15 is 0 Å². The Bertz CT molecular complexity index is 398. The summed E-state index contributed by atoms with van der Waals surface area (Å²) in [7, 11) is 0. The Hall–Kier alpha value is -0.690. The van der Waals surface area contributed by atoms with E-state index in [4.69, 9.17) is 5.73 Å². The number of nitrogens with two attached hydrogens (primary N) is 1. The minimum Gasteiger partial charge on any atom is -0.348 e. The molecule has 0 saturated carbocycles. The number of benzene rings is 1. The van der Waals surface area contributed by atoms with Crippen molar-refractivity contribution in [2.75, 3.05) is 6.54 Å². The topological polar surface area (TPSA) is 55.1 Å². The fraction of sp³-hybridized carbons (Fsp3) is 0.417. The van der Waals surface area contributed by atoms with Crippen molar-refractivity contribution in [3.8, 4) is 0 Å². The molecule has 3 nitrogen and oxygen atoms in total. The van der Waals surface area contributed by atoms with Gasteiger partial charge in [-0.1, -0.05) is 13.3 Å². The molecule has 0 fully saturated rings. The molecule has 1 aromatic carbocycles. The zero-order valence-corrected chi connectivity index (χ0v) is 11.8. The van der Waals surface area contributed by atoms with Gasteiger partial charge in [0.2, 0.25) is 0 Å². The van der Waals surface area contributed by atoms with E-state index in [1.807, 2.05) is 29.5 Å². The fourth-order valence-corrected chi connectivity index (χ4v) is 2.26. The van der Waals surface area contributed by atoms with Crippen LogP contribution in [-0.2, 0) is 0 Å². The summed E-state index contributed by atoms with van der Waals surface area (Å²) in [6.07, 6.45) is 1.81. The van der Waals surface area contributed by atoms with Gasteiger partial charge in [0, 0.05) is 16.2 Å². The zero-order valence-electron chi connectivity index (χ0n) is 9.67. The summed E-state index contributed by atoms with van der Waals surface area (Å²) in [4.78, 5) is 11.9. The van der Waals surface area contributed by atoms with Crippen molar-refractivity contribution in [2.24, 2.45) is 5.73 Å². The van der Waals surface area contributed by atoms with Crippen molar-refractivity contribution < 1.29 is 9.18 Å². The maximum absolute atomic E-state index is 12.9. The molecule has 0 spiro atoms. The van der Waals surface area contributed by atoms with Crippen molar-refractivity contribution in [1.29, 1.82) is 0 Å². The number of amides is 1. The molecule has 0 heterocycles. The monoisotopic (exact) mass is 350 g/mol. The average molecular weight is 350 g/mol. The molecule has 94 valence electrons. The number of rotatable bonds is 5. The Morgan fingerprint density at radius 2 is 2.29 bits per heavy atom. The molecule has 0 saturated heterocycles. The molecule has 3 N–H and O–H groups in total. The quantitative estimate of drug-likeness (QED) is 0.801. The summed E-state index contributed by atoms with van der Waals surface area (Å²) in [5, 5.41) is 2.85. The molecule has 0 aliphatic heterocycles. The van der Waals surface area contributed by atoms with Crippen LogP contribution in [0.25, 0.3) is 0 Å². The second-order valence-corrected chi connectivity index (χ2v) is 4.98. The van der Waals surface area contributed by atoms with Crippen molar-refractivity contribution in [3.63, 3.8) is 0 Å². The second kappa shape index (κ2) is 6.90. The number of carbonyl (C=O) groups is 1. The summed E-state index contributed by atoms with van der Waals surface area (Å²) in [6.45, 7) is 2.45. The first-order chi connectivity index (χ1) is 8.08. The lowest BCUT2D eigenvalue weighted by Crippen LogP contribution is -2.40. The second-order valence-electron chi connectivity index (χ2n) is 3.82. The van der Waals surface area contributed by atoms with Crippen molar-refractivity contribution in [3.05, 3.63) is 33.1 Å². The molecule has 5 heteroatoms. The van der Waals surface area contributed by atoms with Gasteiger partial charge in [0.15, 0.2) is 0 Å².